The van der Waals surface area contributed by atoms with Crippen molar-refractivity contribution in [2.45, 2.75) is 55.5 Å². The summed E-state index contributed by atoms with van der Waals surface area (Å²) >= 11 is 8.26. The summed E-state index contributed by atoms with van der Waals surface area (Å²) in [6, 6.07) is 6.45. The Labute approximate surface area is 221 Å². The van der Waals surface area contributed by atoms with E-state index in [2.05, 4.69) is 28.9 Å². The minimum Gasteiger partial charge on any atom is -0.370 e. The molecule has 0 unspecified atom stereocenters. The van der Waals surface area contributed by atoms with Crippen LogP contribution in [-0.2, 0) is 14.8 Å². The van der Waals surface area contributed by atoms with Gasteiger partial charge >= 0.3 is 0 Å². The van der Waals surface area contributed by atoms with Gasteiger partial charge in [0.05, 0.1) is 4.90 Å². The number of carbonyl (C=O) groups is 1. The molecule has 2 aliphatic heterocycles. The first-order valence-electron chi connectivity index (χ1n) is 12.6. The fourth-order valence-corrected chi connectivity index (χ4v) is 8.09. The van der Waals surface area contributed by atoms with Gasteiger partial charge in [-0.3, -0.25) is 9.79 Å². The third-order valence-corrected chi connectivity index (χ3v) is 10.9. The first-order chi connectivity index (χ1) is 17.1. The highest BCUT2D eigenvalue weighted by molar-refractivity contribution is 7.89. The lowest BCUT2D eigenvalue weighted by atomic mass is 9.93. The Morgan fingerprint density at radius 2 is 2.06 bits per heavy atom. The summed E-state index contributed by atoms with van der Waals surface area (Å²) < 4.78 is 30.1. The lowest BCUT2D eigenvalue weighted by Crippen LogP contribution is -2.48. The SMILES string of the molecule is C[C@H]1CC[C@H](NS(=O)(=O)c2ccc3sccc3c2)C(=O)N(C[C@H]2[C@H](Cl)[C@@H]2C[C@H]2CN=C(N)N[C@H]2C)C1. The lowest BCUT2D eigenvalue weighted by molar-refractivity contribution is -0.133. The summed E-state index contributed by atoms with van der Waals surface area (Å²) in [4.78, 5) is 19.9. The Morgan fingerprint density at radius 1 is 1.25 bits per heavy atom. The Kier molecular flexibility index (Phi) is 7.24. The average Bonchev–Trinajstić information content (AvgIpc) is 3.23. The molecule has 36 heavy (non-hydrogen) atoms. The molecule has 196 valence electrons. The van der Waals surface area contributed by atoms with Crippen LogP contribution in [0, 0.1) is 23.7 Å². The van der Waals surface area contributed by atoms with Gasteiger partial charge in [0.25, 0.3) is 0 Å². The molecule has 1 saturated carbocycles. The molecular weight excluding hydrogens is 518 g/mol. The molecular formula is C25H34ClN5O3S2. The summed E-state index contributed by atoms with van der Waals surface area (Å²) in [6.07, 6.45) is 2.20. The molecule has 1 aromatic heterocycles. The number of thiophene rings is 1. The van der Waals surface area contributed by atoms with Gasteiger partial charge in [-0.15, -0.1) is 22.9 Å². The van der Waals surface area contributed by atoms with Crippen molar-refractivity contribution in [2.24, 2.45) is 34.4 Å². The first kappa shape index (κ1) is 25.8. The number of benzene rings is 1. The van der Waals surface area contributed by atoms with Crippen molar-refractivity contribution in [3.8, 4) is 0 Å². The van der Waals surface area contributed by atoms with Crippen LogP contribution in [0.4, 0.5) is 0 Å². The van der Waals surface area contributed by atoms with Gasteiger partial charge in [-0.25, -0.2) is 8.42 Å². The molecule has 0 bridgehead atoms. The number of hydrogen-bond acceptors (Lipinski definition) is 7. The van der Waals surface area contributed by atoms with Crippen LogP contribution in [0.2, 0.25) is 0 Å². The van der Waals surface area contributed by atoms with Crippen molar-refractivity contribution < 1.29 is 13.2 Å². The first-order valence-corrected chi connectivity index (χ1v) is 15.4. The normalized spacial score (nSPS) is 33.2. The van der Waals surface area contributed by atoms with Gasteiger partial charge in [-0.1, -0.05) is 6.92 Å². The number of sulfonamides is 1. The zero-order valence-electron chi connectivity index (χ0n) is 20.6. The number of aliphatic imine (C=N–C) groups is 1. The van der Waals surface area contributed by atoms with Crippen molar-refractivity contribution in [2.75, 3.05) is 19.6 Å². The molecule has 11 heteroatoms. The molecule has 1 saturated heterocycles. The quantitative estimate of drug-likeness (QED) is 0.457. The minimum atomic E-state index is -3.83. The second kappa shape index (κ2) is 10.1. The molecule has 7 atom stereocenters. The summed E-state index contributed by atoms with van der Waals surface area (Å²) in [5.74, 6) is 1.49. The van der Waals surface area contributed by atoms with Crippen LogP contribution in [-0.4, -0.2) is 62.3 Å². The number of rotatable bonds is 7. The molecule has 0 spiro atoms. The molecule has 2 aromatic rings. The maximum atomic E-state index is 13.5. The Hall–Kier alpha value is -1.88. The second-order valence-electron chi connectivity index (χ2n) is 10.6. The topological polar surface area (TPSA) is 117 Å². The molecule has 1 amide bonds. The maximum Gasteiger partial charge on any atom is 0.241 e. The van der Waals surface area contributed by atoms with Crippen molar-refractivity contribution >= 4 is 54.9 Å². The number of nitrogens with zero attached hydrogens (tertiary/aromatic N) is 2. The summed E-state index contributed by atoms with van der Waals surface area (Å²) in [7, 11) is -3.83. The van der Waals surface area contributed by atoms with Gasteiger partial charge in [-0.2, -0.15) is 4.72 Å². The van der Waals surface area contributed by atoms with Crippen molar-refractivity contribution in [3.63, 3.8) is 0 Å². The zero-order chi connectivity index (χ0) is 25.6. The third kappa shape index (κ3) is 5.37. The molecule has 4 N–H and O–H groups in total. The van der Waals surface area contributed by atoms with Crippen molar-refractivity contribution in [1.82, 2.24) is 14.9 Å². The van der Waals surface area contributed by atoms with E-state index >= 15 is 0 Å². The maximum absolute atomic E-state index is 13.5. The number of hydrogen-bond donors (Lipinski definition) is 3. The molecule has 0 radical (unpaired) electrons. The Morgan fingerprint density at radius 3 is 2.83 bits per heavy atom. The van der Waals surface area contributed by atoms with Gasteiger partial charge in [0.15, 0.2) is 5.96 Å². The summed E-state index contributed by atoms with van der Waals surface area (Å²) in [5, 5.41) is 6.03. The number of nitrogens with one attached hydrogen (secondary N) is 2. The fraction of sp³-hybridized carbons (Fsp3) is 0.600. The van der Waals surface area contributed by atoms with E-state index in [1.165, 1.54) is 0 Å². The van der Waals surface area contributed by atoms with Gasteiger partial charge in [-0.05, 0) is 84.9 Å². The van der Waals surface area contributed by atoms with E-state index < -0.39 is 16.1 Å². The lowest BCUT2D eigenvalue weighted by Gasteiger charge is -2.29. The number of carbonyl (C=O) groups excluding carboxylic acids is 1. The average molecular weight is 552 g/mol. The van der Waals surface area contributed by atoms with Crippen LogP contribution in [0.1, 0.15) is 33.1 Å². The predicted molar refractivity (Wildman–Crippen MR) is 145 cm³/mol. The number of fused-ring (bicyclic) bond motifs is 1. The van der Waals surface area contributed by atoms with E-state index in [4.69, 9.17) is 17.3 Å². The number of nitrogens with two attached hydrogens (primary N) is 1. The van der Waals surface area contributed by atoms with Crippen LogP contribution in [0.25, 0.3) is 10.1 Å². The highest BCUT2D eigenvalue weighted by Crippen LogP contribution is 2.49. The summed E-state index contributed by atoms with van der Waals surface area (Å²) in [6.45, 7) is 6.09. The standard InChI is InChI=1S/C25H34ClN5O3S2/c1-14-3-5-21(30-36(33,34)18-4-6-22-16(9-18)7-8-35-22)24(32)31(12-14)13-20-19(23(20)26)10-17-11-28-25(27)29-15(17)2/h4,6-9,14-15,17,19-21,23,30H,3,5,10-13H2,1-2H3,(H3,27,28,29)/t14-,15-,17-,19+,20+,21-,23+/m0/s1. The number of amides is 1. The van der Waals surface area contributed by atoms with Crippen molar-refractivity contribution in [1.29, 1.82) is 0 Å². The number of halogens is 1. The predicted octanol–water partition coefficient (Wildman–Crippen LogP) is 2.97. The number of alkyl halides is 1. The van der Waals surface area contributed by atoms with E-state index in [1.54, 1.807) is 23.5 Å². The third-order valence-electron chi connectivity index (χ3n) is 7.93. The van der Waals surface area contributed by atoms with E-state index in [0.717, 1.165) is 22.9 Å². The fourth-order valence-electron chi connectivity index (χ4n) is 5.59. The van der Waals surface area contributed by atoms with Crippen LogP contribution in [0.5, 0.6) is 0 Å². The monoisotopic (exact) mass is 551 g/mol. The largest absolute Gasteiger partial charge is 0.370 e. The minimum absolute atomic E-state index is 0.0132. The van der Waals surface area contributed by atoms with Crippen molar-refractivity contribution in [3.05, 3.63) is 29.6 Å². The highest BCUT2D eigenvalue weighted by atomic mass is 35.5. The number of guanidine groups is 1. The van der Waals surface area contributed by atoms with Gasteiger partial charge in [0.2, 0.25) is 15.9 Å². The van der Waals surface area contributed by atoms with Crippen LogP contribution < -0.4 is 15.8 Å². The molecule has 8 nitrogen and oxygen atoms in total. The Balaban J connectivity index is 1.25. The van der Waals surface area contributed by atoms with Gasteiger partial charge in [0.1, 0.15) is 6.04 Å². The Bertz CT molecular complexity index is 1270. The van der Waals surface area contributed by atoms with E-state index in [0.29, 0.717) is 43.9 Å². The molecule has 1 aliphatic carbocycles. The second-order valence-corrected chi connectivity index (χ2v) is 13.8. The van der Waals surface area contributed by atoms with Gasteiger partial charge < -0.3 is 16.0 Å². The van der Waals surface area contributed by atoms with Gasteiger partial charge in [0, 0.05) is 35.8 Å². The van der Waals surface area contributed by atoms with Crippen LogP contribution in [0.3, 0.4) is 0 Å². The van der Waals surface area contributed by atoms with E-state index in [9.17, 15) is 13.2 Å². The van der Waals surface area contributed by atoms with Crippen LogP contribution in [0.15, 0.2) is 39.5 Å². The molecule has 3 heterocycles. The highest BCUT2D eigenvalue weighted by Gasteiger charge is 2.51. The molecule has 2 fully saturated rings. The number of likely N-dealkylation sites (tertiary alicyclic amines) is 1. The molecule has 5 rings (SSSR count). The van der Waals surface area contributed by atoms with Crippen LogP contribution >= 0.6 is 22.9 Å². The smallest absolute Gasteiger partial charge is 0.241 e. The van der Waals surface area contributed by atoms with E-state index in [-0.39, 0.29) is 34.1 Å². The molecule has 1 aromatic carbocycles. The molecule has 3 aliphatic rings. The van der Waals surface area contributed by atoms with E-state index in [1.807, 2.05) is 22.4 Å². The zero-order valence-corrected chi connectivity index (χ0v) is 23.0. The summed E-state index contributed by atoms with van der Waals surface area (Å²) in [5.41, 5.74) is 5.79.